The summed E-state index contributed by atoms with van der Waals surface area (Å²) in [7, 11) is -0.678. The molecule has 0 atom stereocenters. The van der Waals surface area contributed by atoms with E-state index in [4.69, 9.17) is 9.31 Å². The van der Waals surface area contributed by atoms with Crippen LogP contribution >= 0.6 is 0 Å². The first kappa shape index (κ1) is 14.0. The third-order valence-corrected chi connectivity index (χ3v) is 4.64. The Morgan fingerprint density at radius 2 is 1.80 bits per heavy atom. The number of pyridine rings is 1. The maximum atomic E-state index is 14.2. The van der Waals surface area contributed by atoms with E-state index < -0.39 is 24.3 Å². The van der Waals surface area contributed by atoms with E-state index in [1.807, 2.05) is 33.8 Å². The minimum absolute atomic E-state index is 0.392. The van der Waals surface area contributed by atoms with Gasteiger partial charge in [-0.05, 0) is 58.9 Å². The van der Waals surface area contributed by atoms with Gasteiger partial charge in [-0.15, -0.1) is 0 Å². The molecular formula is C15H21BFNO2. The van der Waals surface area contributed by atoms with Crippen LogP contribution in [0.15, 0.2) is 12.1 Å². The molecule has 0 N–H and O–H groups in total. The van der Waals surface area contributed by atoms with Gasteiger partial charge >= 0.3 is 7.12 Å². The summed E-state index contributed by atoms with van der Waals surface area (Å²) < 4.78 is 25.9. The molecule has 108 valence electrons. The lowest BCUT2D eigenvalue weighted by Gasteiger charge is -2.32. The van der Waals surface area contributed by atoms with Gasteiger partial charge in [0.15, 0.2) is 0 Å². The van der Waals surface area contributed by atoms with Crippen molar-refractivity contribution in [2.75, 3.05) is 0 Å². The Bertz CT molecular complexity index is 513. The first-order valence-corrected chi connectivity index (χ1v) is 7.29. The molecule has 1 aliphatic heterocycles. The van der Waals surface area contributed by atoms with Gasteiger partial charge in [-0.3, -0.25) is 0 Å². The standard InChI is InChI=1S/C15H21BFNO2/c1-14(2)15(3,4)20-16(19-14)12-8-7-11(18-13(12)17)9-10-5-6-10/h7-8,10H,5-6,9H2,1-4H3. The number of halogens is 1. The van der Waals surface area contributed by atoms with Crippen LogP contribution in [-0.2, 0) is 15.7 Å². The SMILES string of the molecule is CC1(C)OB(c2ccc(CC3CC3)nc2F)OC1(C)C. The summed E-state index contributed by atoms with van der Waals surface area (Å²) in [6, 6.07) is 3.64. The van der Waals surface area contributed by atoms with E-state index in [0.717, 1.165) is 12.1 Å². The largest absolute Gasteiger partial charge is 0.499 e. The van der Waals surface area contributed by atoms with Crippen molar-refractivity contribution in [3.05, 3.63) is 23.8 Å². The Labute approximate surface area is 120 Å². The van der Waals surface area contributed by atoms with E-state index in [1.54, 1.807) is 6.07 Å². The predicted molar refractivity (Wildman–Crippen MR) is 76.3 cm³/mol. The van der Waals surface area contributed by atoms with Crippen molar-refractivity contribution in [2.24, 2.45) is 5.92 Å². The predicted octanol–water partition coefficient (Wildman–Crippen LogP) is 2.47. The number of hydrogen-bond acceptors (Lipinski definition) is 3. The van der Waals surface area contributed by atoms with Crippen molar-refractivity contribution < 1.29 is 13.7 Å². The molecule has 0 aromatic carbocycles. The van der Waals surface area contributed by atoms with Gasteiger partial charge in [0.2, 0.25) is 5.95 Å². The van der Waals surface area contributed by atoms with Crippen LogP contribution in [0.4, 0.5) is 4.39 Å². The van der Waals surface area contributed by atoms with Gasteiger partial charge in [-0.1, -0.05) is 6.07 Å². The topological polar surface area (TPSA) is 31.4 Å². The summed E-state index contributed by atoms with van der Waals surface area (Å²) >= 11 is 0. The fourth-order valence-corrected chi connectivity index (χ4v) is 2.36. The van der Waals surface area contributed by atoms with Crippen LogP contribution in [0.5, 0.6) is 0 Å². The maximum absolute atomic E-state index is 14.2. The maximum Gasteiger partial charge on any atom is 0.499 e. The first-order valence-electron chi connectivity index (χ1n) is 7.29. The second-order valence-corrected chi connectivity index (χ2v) is 6.92. The summed E-state index contributed by atoms with van der Waals surface area (Å²) in [6.45, 7) is 7.83. The normalized spacial score (nSPS) is 24.1. The average molecular weight is 277 g/mol. The third kappa shape index (κ3) is 2.49. The molecule has 3 rings (SSSR count). The highest BCUT2D eigenvalue weighted by atomic mass is 19.1. The van der Waals surface area contributed by atoms with Crippen LogP contribution in [0.2, 0.25) is 0 Å². The molecule has 3 nitrogen and oxygen atoms in total. The van der Waals surface area contributed by atoms with Gasteiger partial charge in [-0.2, -0.15) is 4.39 Å². The zero-order valence-corrected chi connectivity index (χ0v) is 12.6. The lowest BCUT2D eigenvalue weighted by molar-refractivity contribution is 0.00578. The Balaban J connectivity index is 1.80. The quantitative estimate of drug-likeness (QED) is 0.628. The molecule has 1 saturated carbocycles. The molecule has 1 saturated heterocycles. The van der Waals surface area contributed by atoms with E-state index >= 15 is 0 Å². The smallest absolute Gasteiger partial charge is 0.399 e. The number of rotatable bonds is 3. The van der Waals surface area contributed by atoms with Crippen molar-refractivity contribution in [1.29, 1.82) is 0 Å². The van der Waals surface area contributed by atoms with E-state index in [2.05, 4.69) is 4.98 Å². The van der Waals surface area contributed by atoms with Crippen LogP contribution in [0.3, 0.4) is 0 Å². The summed E-state index contributed by atoms with van der Waals surface area (Å²) in [5, 5.41) is 0. The molecule has 0 spiro atoms. The van der Waals surface area contributed by atoms with E-state index in [0.29, 0.717) is 11.4 Å². The second-order valence-electron chi connectivity index (χ2n) is 6.92. The van der Waals surface area contributed by atoms with Crippen molar-refractivity contribution in [1.82, 2.24) is 4.98 Å². The molecule has 0 unspecified atom stereocenters. The minimum Gasteiger partial charge on any atom is -0.399 e. The van der Waals surface area contributed by atoms with Crippen molar-refractivity contribution in [2.45, 2.75) is 58.2 Å². The van der Waals surface area contributed by atoms with Crippen molar-refractivity contribution in [3.8, 4) is 0 Å². The summed E-state index contributed by atoms with van der Waals surface area (Å²) in [4.78, 5) is 4.07. The molecule has 2 heterocycles. The van der Waals surface area contributed by atoms with Gasteiger partial charge in [0.05, 0.1) is 11.2 Å². The highest BCUT2D eigenvalue weighted by Gasteiger charge is 2.52. The Morgan fingerprint density at radius 3 is 2.30 bits per heavy atom. The average Bonchev–Trinajstić information content (AvgIpc) is 3.07. The summed E-state index contributed by atoms with van der Waals surface area (Å²) in [6.07, 6.45) is 3.35. The molecule has 2 fully saturated rings. The van der Waals surface area contributed by atoms with Crippen LogP contribution < -0.4 is 5.46 Å². The zero-order chi connectivity index (χ0) is 14.5. The van der Waals surface area contributed by atoms with Crippen LogP contribution in [0.1, 0.15) is 46.2 Å². The van der Waals surface area contributed by atoms with Gasteiger partial charge in [0.1, 0.15) is 0 Å². The zero-order valence-electron chi connectivity index (χ0n) is 12.6. The Hall–Kier alpha value is -0.935. The molecule has 2 aliphatic rings. The molecule has 20 heavy (non-hydrogen) atoms. The fraction of sp³-hybridized carbons (Fsp3) is 0.667. The molecule has 1 aromatic heterocycles. The van der Waals surface area contributed by atoms with Crippen LogP contribution in [-0.4, -0.2) is 23.3 Å². The highest BCUT2D eigenvalue weighted by molar-refractivity contribution is 6.62. The monoisotopic (exact) mass is 277 g/mol. The van der Waals surface area contributed by atoms with Gasteiger partial charge in [0, 0.05) is 11.2 Å². The Morgan fingerprint density at radius 1 is 1.20 bits per heavy atom. The lowest BCUT2D eigenvalue weighted by atomic mass is 9.80. The number of nitrogens with zero attached hydrogens (tertiary/aromatic N) is 1. The molecule has 0 bridgehead atoms. The summed E-state index contributed by atoms with van der Waals surface area (Å²) in [5.74, 6) is 0.228. The van der Waals surface area contributed by atoms with Crippen molar-refractivity contribution in [3.63, 3.8) is 0 Å². The van der Waals surface area contributed by atoms with Crippen LogP contribution in [0, 0.1) is 11.9 Å². The molecular weight excluding hydrogens is 256 g/mol. The minimum atomic E-state index is -0.678. The van der Waals surface area contributed by atoms with Crippen LogP contribution in [0.25, 0.3) is 0 Å². The lowest BCUT2D eigenvalue weighted by Crippen LogP contribution is -2.41. The third-order valence-electron chi connectivity index (χ3n) is 4.64. The van der Waals surface area contributed by atoms with E-state index in [9.17, 15) is 4.39 Å². The molecule has 0 amide bonds. The van der Waals surface area contributed by atoms with Gasteiger partial charge in [-0.25, -0.2) is 4.98 Å². The van der Waals surface area contributed by atoms with Crippen molar-refractivity contribution >= 4 is 12.6 Å². The molecule has 5 heteroatoms. The molecule has 1 aromatic rings. The fourth-order valence-electron chi connectivity index (χ4n) is 2.36. The molecule has 0 radical (unpaired) electrons. The van der Waals surface area contributed by atoms with Gasteiger partial charge < -0.3 is 9.31 Å². The summed E-state index contributed by atoms with van der Waals surface area (Å²) in [5.41, 5.74) is 0.293. The Kier molecular flexibility index (Phi) is 3.18. The number of hydrogen-bond donors (Lipinski definition) is 0. The van der Waals surface area contributed by atoms with E-state index in [-0.39, 0.29) is 0 Å². The highest BCUT2D eigenvalue weighted by Crippen LogP contribution is 2.36. The molecule has 1 aliphatic carbocycles. The van der Waals surface area contributed by atoms with Gasteiger partial charge in [0.25, 0.3) is 0 Å². The number of aromatic nitrogens is 1. The second kappa shape index (κ2) is 4.53. The van der Waals surface area contributed by atoms with E-state index in [1.165, 1.54) is 12.8 Å². The first-order chi connectivity index (χ1) is 9.28.